The highest BCUT2D eigenvalue weighted by molar-refractivity contribution is 5.85. The van der Waals surface area contributed by atoms with Gasteiger partial charge in [-0.3, -0.25) is 9.59 Å². The van der Waals surface area contributed by atoms with Crippen LogP contribution in [0.3, 0.4) is 0 Å². The zero-order chi connectivity index (χ0) is 15.6. The van der Waals surface area contributed by atoms with Gasteiger partial charge in [-0.25, -0.2) is 0 Å². The smallest absolute Gasteiger partial charge is 0.311 e. The molecule has 114 valence electrons. The molecular formula is C16H21NO4. The van der Waals surface area contributed by atoms with Crippen molar-refractivity contribution in [2.45, 2.75) is 26.2 Å². The fraction of sp³-hybridized carbons (Fsp3) is 0.500. The third kappa shape index (κ3) is 3.01. The van der Waals surface area contributed by atoms with Gasteiger partial charge in [-0.05, 0) is 38.0 Å². The zero-order valence-corrected chi connectivity index (χ0v) is 12.6. The van der Waals surface area contributed by atoms with Gasteiger partial charge in [-0.2, -0.15) is 0 Å². The average molecular weight is 291 g/mol. The molecule has 0 bridgehead atoms. The molecule has 2 rings (SSSR count). The van der Waals surface area contributed by atoms with Crippen molar-refractivity contribution in [2.75, 3.05) is 20.2 Å². The van der Waals surface area contributed by atoms with Crippen LogP contribution in [0.15, 0.2) is 24.3 Å². The number of ether oxygens (including phenoxy) is 1. The molecule has 1 N–H and O–H groups in total. The Hall–Kier alpha value is -2.04. The second-order valence-electron chi connectivity index (χ2n) is 5.87. The summed E-state index contributed by atoms with van der Waals surface area (Å²) in [4.78, 5) is 25.4. The number of carboxylic acid groups (broad SMARTS) is 1. The highest BCUT2D eigenvalue weighted by atomic mass is 16.5. The van der Waals surface area contributed by atoms with E-state index in [-0.39, 0.29) is 18.4 Å². The Kier molecular flexibility index (Phi) is 4.21. The first-order valence-electron chi connectivity index (χ1n) is 7.03. The SMILES string of the molecule is COc1ccc([C@@H](C)C(=O)N2CC[C@@](C)(C(=O)O)C2)cc1. The minimum Gasteiger partial charge on any atom is -0.497 e. The minimum atomic E-state index is -0.838. The van der Waals surface area contributed by atoms with Gasteiger partial charge in [-0.15, -0.1) is 0 Å². The molecule has 0 unspecified atom stereocenters. The van der Waals surface area contributed by atoms with Gasteiger partial charge in [0.25, 0.3) is 0 Å². The van der Waals surface area contributed by atoms with Crippen molar-refractivity contribution < 1.29 is 19.4 Å². The van der Waals surface area contributed by atoms with Crippen LogP contribution in [0.1, 0.15) is 31.7 Å². The summed E-state index contributed by atoms with van der Waals surface area (Å²) in [6, 6.07) is 7.39. The number of carbonyl (C=O) groups is 2. The van der Waals surface area contributed by atoms with Gasteiger partial charge in [0, 0.05) is 13.1 Å². The number of rotatable bonds is 4. The van der Waals surface area contributed by atoms with Gasteiger partial charge in [0.15, 0.2) is 0 Å². The molecule has 1 amide bonds. The molecule has 1 aliphatic rings. The maximum atomic E-state index is 12.5. The lowest BCUT2D eigenvalue weighted by molar-refractivity contribution is -0.147. The van der Waals surface area contributed by atoms with E-state index in [1.807, 2.05) is 31.2 Å². The molecule has 1 aromatic carbocycles. The van der Waals surface area contributed by atoms with Gasteiger partial charge in [0.1, 0.15) is 5.75 Å². The Morgan fingerprint density at radius 2 is 1.95 bits per heavy atom. The maximum Gasteiger partial charge on any atom is 0.311 e. The number of amides is 1. The van der Waals surface area contributed by atoms with Crippen molar-refractivity contribution in [1.29, 1.82) is 0 Å². The van der Waals surface area contributed by atoms with E-state index in [9.17, 15) is 14.7 Å². The van der Waals surface area contributed by atoms with Crippen LogP contribution in [0, 0.1) is 5.41 Å². The Labute approximate surface area is 124 Å². The fourth-order valence-corrected chi connectivity index (χ4v) is 2.63. The Bertz CT molecular complexity index is 540. The monoisotopic (exact) mass is 291 g/mol. The lowest BCUT2D eigenvalue weighted by Crippen LogP contribution is -2.36. The van der Waals surface area contributed by atoms with Gasteiger partial charge >= 0.3 is 5.97 Å². The molecule has 1 fully saturated rings. The Morgan fingerprint density at radius 1 is 1.33 bits per heavy atom. The quantitative estimate of drug-likeness (QED) is 0.922. The third-order valence-electron chi connectivity index (χ3n) is 4.29. The highest BCUT2D eigenvalue weighted by Gasteiger charge is 2.42. The first-order chi connectivity index (χ1) is 9.87. The molecule has 0 saturated carbocycles. The normalized spacial score (nSPS) is 22.9. The molecule has 0 aromatic heterocycles. The summed E-state index contributed by atoms with van der Waals surface area (Å²) in [5, 5.41) is 9.23. The third-order valence-corrected chi connectivity index (χ3v) is 4.29. The largest absolute Gasteiger partial charge is 0.497 e. The van der Waals surface area contributed by atoms with Crippen molar-refractivity contribution in [2.24, 2.45) is 5.41 Å². The lowest BCUT2D eigenvalue weighted by Gasteiger charge is -2.23. The van der Waals surface area contributed by atoms with Crippen LogP contribution in [0.25, 0.3) is 0 Å². The zero-order valence-electron chi connectivity index (χ0n) is 12.6. The minimum absolute atomic E-state index is 0.0230. The highest BCUT2D eigenvalue weighted by Crippen LogP contribution is 2.32. The standard InChI is InChI=1S/C16H21NO4/c1-11(12-4-6-13(21-3)7-5-12)14(18)17-9-8-16(2,10-17)15(19)20/h4-7,11H,8-10H2,1-3H3,(H,19,20)/t11-,16-/m1/s1. The lowest BCUT2D eigenvalue weighted by atomic mass is 9.90. The summed E-state index contributed by atoms with van der Waals surface area (Å²) < 4.78 is 5.10. The van der Waals surface area contributed by atoms with E-state index in [1.165, 1.54) is 0 Å². The molecule has 0 spiro atoms. The van der Waals surface area contributed by atoms with Gasteiger partial charge in [0.05, 0.1) is 18.4 Å². The molecule has 1 aliphatic heterocycles. The summed E-state index contributed by atoms with van der Waals surface area (Å²) >= 11 is 0. The maximum absolute atomic E-state index is 12.5. The molecule has 0 radical (unpaired) electrons. The first kappa shape index (κ1) is 15.4. The number of hydrogen-bond donors (Lipinski definition) is 1. The van der Waals surface area contributed by atoms with Crippen LogP contribution in [-0.2, 0) is 9.59 Å². The number of methoxy groups -OCH3 is 1. The predicted molar refractivity (Wildman–Crippen MR) is 78.3 cm³/mol. The number of likely N-dealkylation sites (tertiary alicyclic amines) is 1. The molecule has 21 heavy (non-hydrogen) atoms. The summed E-state index contributed by atoms with van der Waals surface area (Å²) in [5.41, 5.74) is 0.0830. The first-order valence-corrected chi connectivity index (χ1v) is 7.03. The average Bonchev–Trinajstić information content (AvgIpc) is 2.90. The van der Waals surface area contributed by atoms with Gasteiger partial charge < -0.3 is 14.7 Å². The number of benzene rings is 1. The van der Waals surface area contributed by atoms with Crippen LogP contribution in [0.4, 0.5) is 0 Å². The molecular weight excluding hydrogens is 270 g/mol. The van der Waals surface area contributed by atoms with E-state index in [0.717, 1.165) is 11.3 Å². The predicted octanol–water partition coefficient (Wildman–Crippen LogP) is 2.12. The van der Waals surface area contributed by atoms with Crippen LogP contribution < -0.4 is 4.74 Å². The van der Waals surface area contributed by atoms with Gasteiger partial charge in [0.2, 0.25) is 5.91 Å². The van der Waals surface area contributed by atoms with E-state index >= 15 is 0 Å². The molecule has 1 heterocycles. The molecule has 1 saturated heterocycles. The number of nitrogens with zero attached hydrogens (tertiary/aromatic N) is 1. The van der Waals surface area contributed by atoms with Crippen molar-refractivity contribution in [3.05, 3.63) is 29.8 Å². The van der Waals surface area contributed by atoms with Crippen LogP contribution >= 0.6 is 0 Å². The van der Waals surface area contributed by atoms with Crippen molar-refractivity contribution in [3.8, 4) is 5.75 Å². The summed E-state index contributed by atoms with van der Waals surface area (Å²) in [7, 11) is 1.60. The molecule has 5 nitrogen and oxygen atoms in total. The summed E-state index contributed by atoms with van der Waals surface area (Å²) in [5.74, 6) is -0.398. The van der Waals surface area contributed by atoms with Gasteiger partial charge in [-0.1, -0.05) is 12.1 Å². The van der Waals surface area contributed by atoms with E-state index in [2.05, 4.69) is 0 Å². The fourth-order valence-electron chi connectivity index (χ4n) is 2.63. The van der Waals surface area contributed by atoms with Crippen molar-refractivity contribution in [3.63, 3.8) is 0 Å². The topological polar surface area (TPSA) is 66.8 Å². The Balaban J connectivity index is 2.07. The number of carboxylic acids is 1. The van der Waals surface area contributed by atoms with Crippen molar-refractivity contribution >= 4 is 11.9 Å². The van der Waals surface area contributed by atoms with Crippen LogP contribution in [0.5, 0.6) is 5.75 Å². The second-order valence-corrected chi connectivity index (χ2v) is 5.87. The van der Waals surface area contributed by atoms with E-state index in [1.54, 1.807) is 18.9 Å². The molecule has 0 aliphatic carbocycles. The number of aliphatic carboxylic acids is 1. The van der Waals surface area contributed by atoms with E-state index in [0.29, 0.717) is 13.0 Å². The molecule has 2 atom stereocenters. The van der Waals surface area contributed by atoms with Crippen LogP contribution in [-0.4, -0.2) is 42.1 Å². The Morgan fingerprint density at radius 3 is 2.43 bits per heavy atom. The number of carbonyl (C=O) groups excluding carboxylic acids is 1. The number of hydrogen-bond acceptors (Lipinski definition) is 3. The van der Waals surface area contributed by atoms with Crippen molar-refractivity contribution in [1.82, 2.24) is 4.90 Å². The summed E-state index contributed by atoms with van der Waals surface area (Å²) in [6.07, 6.45) is 0.503. The van der Waals surface area contributed by atoms with Crippen LogP contribution in [0.2, 0.25) is 0 Å². The summed E-state index contributed by atoms with van der Waals surface area (Å²) in [6.45, 7) is 4.32. The van der Waals surface area contributed by atoms with E-state index < -0.39 is 11.4 Å². The second kappa shape index (κ2) is 5.76. The van der Waals surface area contributed by atoms with E-state index in [4.69, 9.17) is 4.74 Å². The molecule has 5 heteroatoms. The molecule has 1 aromatic rings.